The van der Waals surface area contributed by atoms with Crippen LogP contribution in [0.4, 0.5) is 11.4 Å². The van der Waals surface area contributed by atoms with Crippen LogP contribution in [0.25, 0.3) is 0 Å². The van der Waals surface area contributed by atoms with Gasteiger partial charge in [0.15, 0.2) is 0 Å². The van der Waals surface area contributed by atoms with Crippen LogP contribution < -0.4 is 10.2 Å². The minimum absolute atomic E-state index is 0.0697. The number of nitrogens with one attached hydrogen (secondary N) is 1. The predicted molar refractivity (Wildman–Crippen MR) is 98.5 cm³/mol. The van der Waals surface area contributed by atoms with Crippen LogP contribution in [-0.2, 0) is 6.42 Å². The van der Waals surface area contributed by atoms with E-state index < -0.39 is 0 Å². The number of amides is 1. The van der Waals surface area contributed by atoms with Gasteiger partial charge < -0.3 is 10.2 Å². The third-order valence-electron chi connectivity index (χ3n) is 3.97. The van der Waals surface area contributed by atoms with E-state index in [0.717, 1.165) is 23.4 Å². The van der Waals surface area contributed by atoms with Crippen molar-refractivity contribution in [3.63, 3.8) is 0 Å². The Kier molecular flexibility index (Phi) is 5.80. The zero-order valence-corrected chi connectivity index (χ0v) is 14.5. The van der Waals surface area contributed by atoms with Crippen molar-refractivity contribution in [1.82, 2.24) is 0 Å². The number of anilines is 2. The summed E-state index contributed by atoms with van der Waals surface area (Å²) in [5.41, 5.74) is 5.06. The molecule has 0 unspecified atom stereocenters. The number of carbonyl (C=O) groups excluding carboxylic acids is 1. The molecule has 0 bridgehead atoms. The van der Waals surface area contributed by atoms with Gasteiger partial charge in [-0.2, -0.15) is 0 Å². The molecule has 3 nitrogen and oxygen atoms in total. The lowest BCUT2D eigenvalue weighted by Crippen LogP contribution is -2.14. The minimum Gasteiger partial charge on any atom is -0.377 e. The fourth-order valence-corrected chi connectivity index (χ4v) is 2.64. The summed E-state index contributed by atoms with van der Waals surface area (Å²) >= 11 is 0. The van der Waals surface area contributed by atoms with Crippen LogP contribution in [0.1, 0.15) is 41.3 Å². The zero-order chi connectivity index (χ0) is 16.8. The summed E-state index contributed by atoms with van der Waals surface area (Å²) in [4.78, 5) is 14.4. The van der Waals surface area contributed by atoms with Gasteiger partial charge in [0.1, 0.15) is 0 Å². The fourth-order valence-electron chi connectivity index (χ4n) is 2.64. The number of rotatable bonds is 6. The Balaban J connectivity index is 2.05. The summed E-state index contributed by atoms with van der Waals surface area (Å²) in [6.07, 6.45) is 3.49. The van der Waals surface area contributed by atoms with Crippen molar-refractivity contribution in [2.24, 2.45) is 0 Å². The van der Waals surface area contributed by atoms with Crippen molar-refractivity contribution in [1.29, 1.82) is 0 Å². The van der Waals surface area contributed by atoms with E-state index in [1.807, 2.05) is 56.3 Å². The smallest absolute Gasteiger partial charge is 0.255 e. The number of unbranched alkanes of at least 4 members (excludes halogenated alkanes) is 1. The first-order chi connectivity index (χ1) is 11.0. The summed E-state index contributed by atoms with van der Waals surface area (Å²) < 4.78 is 0. The number of carbonyl (C=O) groups is 1. The summed E-state index contributed by atoms with van der Waals surface area (Å²) in [7, 11) is 4.00. The first-order valence-electron chi connectivity index (χ1n) is 8.19. The third-order valence-corrected chi connectivity index (χ3v) is 3.97. The lowest BCUT2D eigenvalue weighted by molar-refractivity contribution is 0.102. The molecule has 1 amide bonds. The minimum atomic E-state index is -0.0697. The molecule has 0 spiro atoms. The van der Waals surface area contributed by atoms with Gasteiger partial charge in [0.05, 0.1) is 0 Å². The molecule has 0 aliphatic rings. The maximum absolute atomic E-state index is 12.4. The van der Waals surface area contributed by atoms with Gasteiger partial charge in [0, 0.05) is 31.0 Å². The molecule has 0 aliphatic carbocycles. The molecule has 0 aliphatic heterocycles. The van der Waals surface area contributed by atoms with Gasteiger partial charge in [-0.1, -0.05) is 25.5 Å². The van der Waals surface area contributed by atoms with Gasteiger partial charge in [-0.3, -0.25) is 4.79 Å². The number of nitrogens with zero attached hydrogens (tertiary/aromatic N) is 1. The van der Waals surface area contributed by atoms with Crippen LogP contribution >= 0.6 is 0 Å². The molecule has 122 valence electrons. The summed E-state index contributed by atoms with van der Waals surface area (Å²) in [6, 6.07) is 13.9. The highest BCUT2D eigenvalue weighted by Gasteiger charge is 2.09. The molecular weight excluding hydrogens is 284 g/mol. The largest absolute Gasteiger partial charge is 0.377 e. The second-order valence-corrected chi connectivity index (χ2v) is 6.15. The predicted octanol–water partition coefficient (Wildman–Crippen LogP) is 4.66. The van der Waals surface area contributed by atoms with E-state index in [1.54, 1.807) is 0 Å². The third kappa shape index (κ3) is 4.59. The molecule has 0 fully saturated rings. The van der Waals surface area contributed by atoms with E-state index in [2.05, 4.69) is 24.4 Å². The van der Waals surface area contributed by atoms with Crippen LogP contribution in [0.15, 0.2) is 42.5 Å². The van der Waals surface area contributed by atoms with E-state index in [4.69, 9.17) is 0 Å². The van der Waals surface area contributed by atoms with E-state index in [0.29, 0.717) is 5.56 Å². The molecule has 2 aromatic rings. The van der Waals surface area contributed by atoms with Gasteiger partial charge in [-0.25, -0.2) is 0 Å². The molecular formula is C20H26N2O. The topological polar surface area (TPSA) is 32.3 Å². The molecule has 2 aromatic carbocycles. The van der Waals surface area contributed by atoms with Crippen LogP contribution in [-0.4, -0.2) is 20.0 Å². The second kappa shape index (κ2) is 7.82. The Morgan fingerprint density at radius 1 is 1.09 bits per heavy atom. The lowest BCUT2D eigenvalue weighted by Gasteiger charge is -2.16. The number of benzene rings is 2. The molecule has 0 atom stereocenters. The van der Waals surface area contributed by atoms with Gasteiger partial charge >= 0.3 is 0 Å². The van der Waals surface area contributed by atoms with Gasteiger partial charge in [-0.15, -0.1) is 0 Å². The van der Waals surface area contributed by atoms with E-state index >= 15 is 0 Å². The van der Waals surface area contributed by atoms with Gasteiger partial charge in [0.25, 0.3) is 5.91 Å². The lowest BCUT2D eigenvalue weighted by atomic mass is 10.1. The molecule has 1 N–H and O–H groups in total. The quantitative estimate of drug-likeness (QED) is 0.842. The Hall–Kier alpha value is -2.29. The van der Waals surface area contributed by atoms with Crippen LogP contribution in [0.2, 0.25) is 0 Å². The number of hydrogen-bond donors (Lipinski definition) is 1. The molecule has 2 rings (SSSR count). The standard InChI is InChI=1S/C20H26N2O/c1-5-6-7-16-8-11-18(12-9-16)21-20(23)17-10-13-19(22(3)4)15(2)14-17/h8-14H,5-7H2,1-4H3,(H,21,23). The highest BCUT2D eigenvalue weighted by atomic mass is 16.1. The normalized spacial score (nSPS) is 10.4. The first-order valence-corrected chi connectivity index (χ1v) is 8.19. The van der Waals surface area contributed by atoms with Gasteiger partial charge in [-0.05, 0) is 61.2 Å². The zero-order valence-electron chi connectivity index (χ0n) is 14.5. The summed E-state index contributed by atoms with van der Waals surface area (Å²) in [5.74, 6) is -0.0697. The highest BCUT2D eigenvalue weighted by molar-refractivity contribution is 6.04. The van der Waals surface area contributed by atoms with Crippen LogP contribution in [0, 0.1) is 6.92 Å². The van der Waals surface area contributed by atoms with Crippen molar-refractivity contribution in [2.45, 2.75) is 33.1 Å². The Bertz CT molecular complexity index is 660. The Morgan fingerprint density at radius 3 is 2.35 bits per heavy atom. The fraction of sp³-hybridized carbons (Fsp3) is 0.350. The molecule has 0 radical (unpaired) electrons. The highest BCUT2D eigenvalue weighted by Crippen LogP contribution is 2.20. The number of hydrogen-bond acceptors (Lipinski definition) is 2. The van der Waals surface area contributed by atoms with Crippen molar-refractivity contribution < 1.29 is 4.79 Å². The number of aryl methyl sites for hydroxylation is 2. The van der Waals surface area contributed by atoms with E-state index in [1.165, 1.54) is 18.4 Å². The molecule has 0 saturated carbocycles. The van der Waals surface area contributed by atoms with Crippen molar-refractivity contribution >= 4 is 17.3 Å². The van der Waals surface area contributed by atoms with Gasteiger partial charge in [0.2, 0.25) is 0 Å². The van der Waals surface area contributed by atoms with E-state index in [-0.39, 0.29) is 5.91 Å². The summed E-state index contributed by atoms with van der Waals surface area (Å²) in [5, 5.41) is 2.96. The monoisotopic (exact) mass is 310 g/mol. The molecule has 0 saturated heterocycles. The Morgan fingerprint density at radius 2 is 1.78 bits per heavy atom. The van der Waals surface area contributed by atoms with Crippen LogP contribution in [0.5, 0.6) is 0 Å². The molecule has 23 heavy (non-hydrogen) atoms. The van der Waals surface area contributed by atoms with Crippen molar-refractivity contribution in [3.8, 4) is 0 Å². The molecule has 0 heterocycles. The molecule has 3 heteroatoms. The average Bonchev–Trinajstić information content (AvgIpc) is 2.53. The first kappa shape index (κ1) is 17.1. The second-order valence-electron chi connectivity index (χ2n) is 6.15. The van der Waals surface area contributed by atoms with Crippen molar-refractivity contribution in [2.75, 3.05) is 24.3 Å². The molecule has 0 aromatic heterocycles. The van der Waals surface area contributed by atoms with Crippen molar-refractivity contribution in [3.05, 3.63) is 59.2 Å². The maximum Gasteiger partial charge on any atom is 0.255 e. The SMILES string of the molecule is CCCCc1ccc(NC(=O)c2ccc(N(C)C)c(C)c2)cc1. The summed E-state index contributed by atoms with van der Waals surface area (Å²) in [6.45, 7) is 4.22. The maximum atomic E-state index is 12.4. The Labute approximate surface area is 139 Å². The van der Waals surface area contributed by atoms with Crippen LogP contribution in [0.3, 0.4) is 0 Å². The average molecular weight is 310 g/mol. The van der Waals surface area contributed by atoms with E-state index in [9.17, 15) is 4.79 Å².